The van der Waals surface area contributed by atoms with E-state index in [0.717, 1.165) is 23.9 Å². The Hall–Kier alpha value is -2.47. The smallest absolute Gasteiger partial charge is 0.267 e. The topological polar surface area (TPSA) is 64.0 Å². The molecule has 0 spiro atoms. The third-order valence-corrected chi connectivity index (χ3v) is 5.10. The minimum absolute atomic E-state index is 0.281. The lowest BCUT2D eigenvalue weighted by Crippen LogP contribution is -2.32. The number of carbonyl (C=O) groups excluding carboxylic acids is 1. The van der Waals surface area contributed by atoms with E-state index in [2.05, 4.69) is 24.3 Å². The number of nitrogens with one attached hydrogen (secondary N) is 1. The molecule has 5 nitrogen and oxygen atoms in total. The van der Waals surface area contributed by atoms with E-state index in [1.807, 2.05) is 12.1 Å². The van der Waals surface area contributed by atoms with E-state index < -0.39 is 0 Å². The number of hydrogen-bond donors (Lipinski definition) is 1. The number of hydrogen-bond acceptors (Lipinski definition) is 4. The number of para-hydroxylation sites is 1. The summed E-state index contributed by atoms with van der Waals surface area (Å²) in [6.07, 6.45) is 4.27. The summed E-state index contributed by atoms with van der Waals surface area (Å²) in [5.41, 5.74) is 4.17. The largest absolute Gasteiger partial charge is 0.280 e. The molecule has 0 saturated carbocycles. The van der Waals surface area contributed by atoms with E-state index in [0.29, 0.717) is 15.8 Å². The van der Waals surface area contributed by atoms with Gasteiger partial charge in [0, 0.05) is 4.88 Å². The molecule has 1 N–H and O–H groups in total. The maximum absolute atomic E-state index is 12.5. The van der Waals surface area contributed by atoms with Gasteiger partial charge in [-0.05, 0) is 36.6 Å². The number of aromatic nitrogens is 2. The van der Waals surface area contributed by atoms with Gasteiger partial charge in [0.1, 0.15) is 6.33 Å². The molecular weight excluding hydrogens is 322 g/mol. The van der Waals surface area contributed by atoms with Gasteiger partial charge >= 0.3 is 0 Å². The SMILES string of the molecule is CCCc1sc(C(=O)Nn2cnc3ccccc3c2=O)cc1CC. The molecule has 0 aliphatic carbocycles. The standard InChI is InChI=1S/C18H19N3O2S/c1-3-7-15-12(4-2)10-16(24-15)17(22)20-21-11-19-14-9-6-5-8-13(14)18(21)23/h5-6,8-11H,3-4,7H2,1-2H3,(H,20,22). The van der Waals surface area contributed by atoms with Crippen LogP contribution in [0.4, 0.5) is 0 Å². The molecule has 2 aromatic heterocycles. The van der Waals surface area contributed by atoms with Crippen molar-refractivity contribution in [2.45, 2.75) is 33.1 Å². The molecule has 1 amide bonds. The highest BCUT2D eigenvalue weighted by Crippen LogP contribution is 2.24. The molecule has 2 heterocycles. The Morgan fingerprint density at radius 1 is 1.29 bits per heavy atom. The molecule has 0 fully saturated rings. The quantitative estimate of drug-likeness (QED) is 0.774. The Labute approximate surface area is 143 Å². The van der Waals surface area contributed by atoms with Gasteiger partial charge in [-0.2, -0.15) is 0 Å². The number of benzene rings is 1. The Kier molecular flexibility index (Phi) is 4.76. The van der Waals surface area contributed by atoms with Gasteiger partial charge < -0.3 is 0 Å². The van der Waals surface area contributed by atoms with E-state index in [4.69, 9.17) is 0 Å². The number of fused-ring (bicyclic) bond motifs is 1. The highest BCUT2D eigenvalue weighted by molar-refractivity contribution is 7.14. The second-order valence-electron chi connectivity index (χ2n) is 5.54. The third-order valence-electron chi connectivity index (χ3n) is 3.87. The van der Waals surface area contributed by atoms with Gasteiger partial charge in [0.15, 0.2) is 0 Å². The molecule has 0 radical (unpaired) electrons. The van der Waals surface area contributed by atoms with Gasteiger partial charge in [-0.3, -0.25) is 15.0 Å². The normalized spacial score (nSPS) is 10.9. The van der Waals surface area contributed by atoms with Crippen LogP contribution in [0.5, 0.6) is 0 Å². The molecule has 1 aromatic carbocycles. The van der Waals surface area contributed by atoms with Crippen LogP contribution in [-0.2, 0) is 12.8 Å². The van der Waals surface area contributed by atoms with Gasteiger partial charge in [0.25, 0.3) is 11.5 Å². The Balaban J connectivity index is 1.90. The second-order valence-corrected chi connectivity index (χ2v) is 6.68. The van der Waals surface area contributed by atoms with Crippen LogP contribution in [0.1, 0.15) is 40.4 Å². The van der Waals surface area contributed by atoms with Crippen LogP contribution < -0.4 is 11.0 Å². The minimum atomic E-state index is -0.282. The molecule has 3 rings (SSSR count). The van der Waals surface area contributed by atoms with Crippen LogP contribution in [-0.4, -0.2) is 15.6 Å². The fourth-order valence-corrected chi connectivity index (χ4v) is 3.88. The number of aryl methyl sites for hydroxylation is 2. The molecule has 0 aliphatic rings. The van der Waals surface area contributed by atoms with Crippen LogP contribution in [0.3, 0.4) is 0 Å². The van der Waals surface area contributed by atoms with Crippen LogP contribution in [0, 0.1) is 0 Å². The predicted octanol–water partition coefficient (Wildman–Crippen LogP) is 3.36. The van der Waals surface area contributed by atoms with E-state index in [-0.39, 0.29) is 11.5 Å². The summed E-state index contributed by atoms with van der Waals surface area (Å²) in [5.74, 6) is -0.281. The first-order valence-electron chi connectivity index (χ1n) is 8.03. The summed E-state index contributed by atoms with van der Waals surface area (Å²) in [5, 5.41) is 0.479. The number of amides is 1. The average Bonchev–Trinajstić information content (AvgIpc) is 3.01. The molecule has 24 heavy (non-hydrogen) atoms. The summed E-state index contributed by atoms with van der Waals surface area (Å²) >= 11 is 1.50. The number of rotatable bonds is 5. The van der Waals surface area contributed by atoms with E-state index in [9.17, 15) is 9.59 Å². The molecular formula is C18H19N3O2S. The van der Waals surface area contributed by atoms with Gasteiger partial charge in [-0.15, -0.1) is 11.3 Å². The van der Waals surface area contributed by atoms with Crippen molar-refractivity contribution in [3.63, 3.8) is 0 Å². The van der Waals surface area contributed by atoms with E-state index >= 15 is 0 Å². The monoisotopic (exact) mass is 341 g/mol. The molecule has 0 aliphatic heterocycles. The van der Waals surface area contributed by atoms with Gasteiger partial charge in [0.05, 0.1) is 15.8 Å². The number of carbonyl (C=O) groups is 1. The van der Waals surface area contributed by atoms with Crippen LogP contribution >= 0.6 is 11.3 Å². The molecule has 0 saturated heterocycles. The van der Waals surface area contributed by atoms with Crippen molar-refractivity contribution in [3.05, 3.63) is 62.3 Å². The van der Waals surface area contributed by atoms with Crippen LogP contribution in [0.2, 0.25) is 0 Å². The van der Waals surface area contributed by atoms with Crippen molar-refractivity contribution < 1.29 is 4.79 Å². The fourth-order valence-electron chi connectivity index (χ4n) is 2.63. The number of thiophene rings is 1. The zero-order valence-electron chi connectivity index (χ0n) is 13.7. The first-order chi connectivity index (χ1) is 11.6. The van der Waals surface area contributed by atoms with Crippen molar-refractivity contribution in [3.8, 4) is 0 Å². The maximum atomic E-state index is 12.5. The molecule has 3 aromatic rings. The van der Waals surface area contributed by atoms with E-state index in [1.54, 1.807) is 18.2 Å². The van der Waals surface area contributed by atoms with Gasteiger partial charge in [0.2, 0.25) is 0 Å². The lowest BCUT2D eigenvalue weighted by atomic mass is 10.1. The zero-order valence-corrected chi connectivity index (χ0v) is 14.5. The zero-order chi connectivity index (χ0) is 17.1. The summed E-state index contributed by atoms with van der Waals surface area (Å²) in [6.45, 7) is 4.21. The summed E-state index contributed by atoms with van der Waals surface area (Å²) < 4.78 is 1.15. The molecule has 0 unspecified atom stereocenters. The van der Waals surface area contributed by atoms with Crippen molar-refractivity contribution in [1.82, 2.24) is 9.66 Å². The van der Waals surface area contributed by atoms with Gasteiger partial charge in [-0.1, -0.05) is 32.4 Å². The Morgan fingerprint density at radius 2 is 2.08 bits per heavy atom. The molecule has 6 heteroatoms. The minimum Gasteiger partial charge on any atom is -0.267 e. The van der Waals surface area contributed by atoms with E-state index in [1.165, 1.54) is 28.1 Å². The first-order valence-corrected chi connectivity index (χ1v) is 8.85. The van der Waals surface area contributed by atoms with Gasteiger partial charge in [-0.25, -0.2) is 9.66 Å². The average molecular weight is 341 g/mol. The summed E-state index contributed by atoms with van der Waals surface area (Å²) in [7, 11) is 0. The lowest BCUT2D eigenvalue weighted by molar-refractivity contribution is 0.101. The highest BCUT2D eigenvalue weighted by atomic mass is 32.1. The fraction of sp³-hybridized carbons (Fsp3) is 0.278. The molecule has 124 valence electrons. The lowest BCUT2D eigenvalue weighted by Gasteiger charge is -2.07. The second kappa shape index (κ2) is 6.97. The summed E-state index contributed by atoms with van der Waals surface area (Å²) in [4.78, 5) is 31.0. The van der Waals surface area contributed by atoms with Crippen LogP contribution in [0.25, 0.3) is 10.9 Å². The highest BCUT2D eigenvalue weighted by Gasteiger charge is 2.14. The van der Waals surface area contributed by atoms with Crippen molar-refractivity contribution in [2.75, 3.05) is 5.43 Å². The predicted molar refractivity (Wildman–Crippen MR) is 97.4 cm³/mol. The van der Waals surface area contributed by atoms with Crippen molar-refractivity contribution in [2.24, 2.45) is 0 Å². The Bertz CT molecular complexity index is 943. The molecule has 0 atom stereocenters. The van der Waals surface area contributed by atoms with Crippen molar-refractivity contribution in [1.29, 1.82) is 0 Å². The summed E-state index contributed by atoms with van der Waals surface area (Å²) in [6, 6.07) is 9.00. The number of nitrogens with zero attached hydrogens (tertiary/aromatic N) is 2. The first kappa shape index (κ1) is 16.4. The van der Waals surface area contributed by atoms with Crippen molar-refractivity contribution >= 4 is 28.1 Å². The maximum Gasteiger partial charge on any atom is 0.280 e. The third kappa shape index (κ3) is 3.10. The Morgan fingerprint density at radius 3 is 2.83 bits per heavy atom. The molecule has 0 bridgehead atoms. The van der Waals surface area contributed by atoms with Crippen LogP contribution in [0.15, 0.2) is 41.5 Å².